The molecular formula is C16H15BrCl2N2O2. The molecule has 0 amide bonds. The third-order valence-corrected chi connectivity index (χ3v) is 4.29. The SMILES string of the molecule is CCOc1cc(/C=N/NCc2c(Cl)cccc2Cl)cc(Br)c1O. The van der Waals surface area contributed by atoms with E-state index in [1.54, 1.807) is 36.5 Å². The summed E-state index contributed by atoms with van der Waals surface area (Å²) in [6.45, 7) is 2.72. The van der Waals surface area contributed by atoms with Gasteiger partial charge >= 0.3 is 0 Å². The van der Waals surface area contributed by atoms with Gasteiger partial charge in [-0.1, -0.05) is 29.3 Å². The maximum Gasteiger partial charge on any atom is 0.172 e. The minimum Gasteiger partial charge on any atom is -0.503 e. The molecule has 0 spiro atoms. The molecule has 0 aliphatic heterocycles. The number of hydrogen-bond donors (Lipinski definition) is 2. The molecule has 4 nitrogen and oxygen atoms in total. The summed E-state index contributed by atoms with van der Waals surface area (Å²) in [5.41, 5.74) is 4.46. The van der Waals surface area contributed by atoms with Gasteiger partial charge in [0.15, 0.2) is 11.5 Å². The number of halogens is 3. The fourth-order valence-corrected chi connectivity index (χ4v) is 2.87. The molecule has 0 radical (unpaired) electrons. The van der Waals surface area contributed by atoms with Crippen molar-refractivity contribution >= 4 is 45.3 Å². The number of phenolic OH excluding ortho intramolecular Hbond substituents is 1. The predicted octanol–water partition coefficient (Wildman–Crippen LogP) is 4.98. The van der Waals surface area contributed by atoms with Crippen LogP contribution in [0.5, 0.6) is 11.5 Å². The molecule has 2 rings (SSSR count). The smallest absolute Gasteiger partial charge is 0.172 e. The van der Waals surface area contributed by atoms with Crippen molar-refractivity contribution in [1.82, 2.24) is 5.43 Å². The molecule has 2 aromatic carbocycles. The average molecular weight is 418 g/mol. The number of aromatic hydroxyl groups is 1. The molecule has 7 heteroatoms. The van der Waals surface area contributed by atoms with E-state index in [0.29, 0.717) is 33.4 Å². The lowest BCUT2D eigenvalue weighted by Gasteiger charge is -2.08. The van der Waals surface area contributed by atoms with Gasteiger partial charge < -0.3 is 15.3 Å². The fourth-order valence-electron chi connectivity index (χ4n) is 1.88. The first-order valence-electron chi connectivity index (χ1n) is 6.87. The summed E-state index contributed by atoms with van der Waals surface area (Å²) in [5, 5.41) is 15.2. The van der Waals surface area contributed by atoms with E-state index in [4.69, 9.17) is 27.9 Å². The topological polar surface area (TPSA) is 53.8 Å². The number of ether oxygens (including phenoxy) is 1. The third kappa shape index (κ3) is 4.77. The van der Waals surface area contributed by atoms with Gasteiger partial charge in [-0.05, 0) is 52.7 Å². The van der Waals surface area contributed by atoms with Crippen molar-refractivity contribution in [2.75, 3.05) is 6.61 Å². The number of hydrogen-bond acceptors (Lipinski definition) is 4. The van der Waals surface area contributed by atoms with E-state index >= 15 is 0 Å². The highest BCUT2D eigenvalue weighted by Gasteiger charge is 2.08. The molecule has 0 atom stereocenters. The summed E-state index contributed by atoms with van der Waals surface area (Å²) < 4.78 is 5.91. The largest absolute Gasteiger partial charge is 0.503 e. The number of rotatable bonds is 6. The first-order valence-corrected chi connectivity index (χ1v) is 8.42. The van der Waals surface area contributed by atoms with E-state index in [2.05, 4.69) is 26.5 Å². The van der Waals surface area contributed by atoms with Crippen LogP contribution in [0, 0.1) is 0 Å². The normalized spacial score (nSPS) is 11.0. The van der Waals surface area contributed by atoms with E-state index in [1.807, 2.05) is 6.92 Å². The van der Waals surface area contributed by atoms with Crippen molar-refractivity contribution in [3.63, 3.8) is 0 Å². The molecule has 0 aliphatic carbocycles. The van der Waals surface area contributed by atoms with Crippen molar-refractivity contribution in [1.29, 1.82) is 0 Å². The Balaban J connectivity index is 2.06. The zero-order valence-electron chi connectivity index (χ0n) is 12.3. The minimum absolute atomic E-state index is 0.0693. The number of nitrogens with one attached hydrogen (secondary N) is 1. The molecule has 0 bridgehead atoms. The van der Waals surface area contributed by atoms with Crippen molar-refractivity contribution in [3.8, 4) is 11.5 Å². The Hall–Kier alpha value is -1.43. The molecule has 0 unspecified atom stereocenters. The second-order valence-electron chi connectivity index (χ2n) is 4.58. The first-order chi connectivity index (χ1) is 11.0. The molecule has 0 aromatic heterocycles. The summed E-state index contributed by atoms with van der Waals surface area (Å²) in [7, 11) is 0. The van der Waals surface area contributed by atoms with Crippen LogP contribution in [0.4, 0.5) is 0 Å². The molecule has 2 N–H and O–H groups in total. The van der Waals surface area contributed by atoms with E-state index in [9.17, 15) is 5.11 Å². The van der Waals surface area contributed by atoms with E-state index < -0.39 is 0 Å². The highest BCUT2D eigenvalue weighted by Crippen LogP contribution is 2.35. The van der Waals surface area contributed by atoms with E-state index in [0.717, 1.165) is 11.1 Å². The lowest BCUT2D eigenvalue weighted by molar-refractivity contribution is 0.317. The number of phenols is 1. The molecule has 0 saturated heterocycles. The molecule has 0 heterocycles. The van der Waals surface area contributed by atoms with E-state index in [1.165, 1.54) is 0 Å². The lowest BCUT2D eigenvalue weighted by Crippen LogP contribution is -2.06. The van der Waals surface area contributed by atoms with Crippen molar-refractivity contribution < 1.29 is 9.84 Å². The summed E-state index contributed by atoms with van der Waals surface area (Å²) >= 11 is 15.5. The standard InChI is InChI=1S/C16H15BrCl2N2O2/c1-2-23-15-7-10(6-12(17)16(15)22)8-20-21-9-11-13(18)4-3-5-14(11)19/h3-8,21-22H,2,9H2,1H3/b20-8+. The highest BCUT2D eigenvalue weighted by molar-refractivity contribution is 9.10. The van der Waals surface area contributed by atoms with Crippen molar-refractivity contribution in [2.24, 2.45) is 5.10 Å². The Labute approximate surface area is 153 Å². The van der Waals surface area contributed by atoms with Crippen LogP contribution in [-0.4, -0.2) is 17.9 Å². The Morgan fingerprint density at radius 1 is 1.30 bits per heavy atom. The predicted molar refractivity (Wildman–Crippen MR) is 97.9 cm³/mol. The average Bonchev–Trinajstić information content (AvgIpc) is 2.51. The molecule has 0 aliphatic rings. The van der Waals surface area contributed by atoms with Crippen molar-refractivity contribution in [3.05, 3.63) is 56.0 Å². The van der Waals surface area contributed by atoms with Crippen LogP contribution in [-0.2, 0) is 6.54 Å². The molecular weight excluding hydrogens is 403 g/mol. The van der Waals surface area contributed by atoms with Gasteiger partial charge in [-0.2, -0.15) is 5.10 Å². The van der Waals surface area contributed by atoms with Crippen LogP contribution < -0.4 is 10.2 Å². The Bertz CT molecular complexity index is 703. The summed E-state index contributed by atoms with van der Waals surface area (Å²) in [5.74, 6) is 0.470. The van der Waals surface area contributed by atoms with Gasteiger partial charge in [0.1, 0.15) is 0 Å². The maximum atomic E-state index is 9.87. The molecule has 122 valence electrons. The second-order valence-corrected chi connectivity index (χ2v) is 6.24. The zero-order valence-corrected chi connectivity index (χ0v) is 15.4. The first kappa shape index (κ1) is 17.9. The Morgan fingerprint density at radius 2 is 2.00 bits per heavy atom. The molecule has 23 heavy (non-hydrogen) atoms. The van der Waals surface area contributed by atoms with Crippen LogP contribution in [0.15, 0.2) is 39.9 Å². The Morgan fingerprint density at radius 3 is 2.65 bits per heavy atom. The van der Waals surface area contributed by atoms with Crippen LogP contribution in [0.3, 0.4) is 0 Å². The third-order valence-electron chi connectivity index (χ3n) is 2.97. The number of nitrogens with zero attached hydrogens (tertiary/aromatic N) is 1. The van der Waals surface area contributed by atoms with Crippen LogP contribution in [0.1, 0.15) is 18.1 Å². The van der Waals surface area contributed by atoms with Crippen molar-refractivity contribution in [2.45, 2.75) is 13.5 Å². The van der Waals surface area contributed by atoms with Crippen LogP contribution in [0.2, 0.25) is 10.0 Å². The second kappa shape index (κ2) is 8.43. The fraction of sp³-hybridized carbons (Fsp3) is 0.188. The summed E-state index contributed by atoms with van der Waals surface area (Å²) in [6.07, 6.45) is 1.62. The minimum atomic E-state index is 0.0693. The van der Waals surface area contributed by atoms with Gasteiger partial charge in [0.2, 0.25) is 0 Å². The van der Waals surface area contributed by atoms with Gasteiger partial charge in [0.25, 0.3) is 0 Å². The van der Waals surface area contributed by atoms with E-state index in [-0.39, 0.29) is 5.75 Å². The van der Waals surface area contributed by atoms with Crippen LogP contribution >= 0.6 is 39.1 Å². The quantitative estimate of drug-likeness (QED) is 0.514. The monoisotopic (exact) mass is 416 g/mol. The zero-order chi connectivity index (χ0) is 16.8. The lowest BCUT2D eigenvalue weighted by atomic mass is 10.2. The molecule has 0 saturated carbocycles. The number of benzene rings is 2. The highest BCUT2D eigenvalue weighted by atomic mass is 79.9. The molecule has 2 aromatic rings. The summed E-state index contributed by atoms with van der Waals surface area (Å²) in [4.78, 5) is 0. The van der Waals surface area contributed by atoms with Gasteiger partial charge in [-0.15, -0.1) is 0 Å². The molecule has 0 fully saturated rings. The van der Waals surface area contributed by atoms with Gasteiger partial charge in [0, 0.05) is 15.6 Å². The van der Waals surface area contributed by atoms with Gasteiger partial charge in [0.05, 0.1) is 23.8 Å². The summed E-state index contributed by atoms with van der Waals surface area (Å²) in [6, 6.07) is 8.79. The number of hydrazone groups is 1. The van der Waals surface area contributed by atoms with Crippen LogP contribution in [0.25, 0.3) is 0 Å². The Kier molecular flexibility index (Phi) is 6.57. The van der Waals surface area contributed by atoms with Gasteiger partial charge in [-0.3, -0.25) is 0 Å². The van der Waals surface area contributed by atoms with Gasteiger partial charge in [-0.25, -0.2) is 0 Å². The maximum absolute atomic E-state index is 9.87.